The van der Waals surface area contributed by atoms with Gasteiger partial charge in [0.25, 0.3) is 0 Å². The Morgan fingerprint density at radius 1 is 1.28 bits per heavy atom. The number of dihydropyridines is 1. The molecule has 0 aromatic heterocycles. The molecule has 0 spiro atoms. The summed E-state index contributed by atoms with van der Waals surface area (Å²) >= 11 is 12.7. The molecule has 1 heterocycles. The molecule has 1 unspecified atom stereocenters. The van der Waals surface area contributed by atoms with Crippen LogP contribution in [0.4, 0.5) is 0 Å². The summed E-state index contributed by atoms with van der Waals surface area (Å²) in [5.41, 5.74) is 2.79. The quantitative estimate of drug-likeness (QED) is 0.658. The molecule has 1 aliphatic carbocycles. The minimum Gasteiger partial charge on any atom is -0.495 e. The standard InChI is InChI=1S/C22H25Cl2NO4/c1-6-29-21(27)17-11(2)25-15-9-22(3,4)10-16(26)19(15)18(17)13-7-12(23)8-14(24)20(13)28-5/h7-8,18,25H,6,9-10H2,1-5H3. The zero-order valence-electron chi connectivity index (χ0n) is 17.2. The molecule has 0 radical (unpaired) electrons. The van der Waals surface area contributed by atoms with Crippen molar-refractivity contribution >= 4 is 35.0 Å². The predicted octanol–water partition coefficient (Wildman–Crippen LogP) is 5.17. The summed E-state index contributed by atoms with van der Waals surface area (Å²) in [5, 5.41) is 4.01. The number of halogens is 2. The van der Waals surface area contributed by atoms with Gasteiger partial charge in [0.2, 0.25) is 0 Å². The molecule has 1 aromatic carbocycles. The Bertz CT molecular complexity index is 946. The van der Waals surface area contributed by atoms with Crippen LogP contribution in [0.5, 0.6) is 5.75 Å². The number of esters is 1. The van der Waals surface area contributed by atoms with E-state index in [9.17, 15) is 9.59 Å². The van der Waals surface area contributed by atoms with Crippen LogP contribution in [0.25, 0.3) is 0 Å². The van der Waals surface area contributed by atoms with Crippen molar-refractivity contribution in [1.82, 2.24) is 5.32 Å². The van der Waals surface area contributed by atoms with Crippen LogP contribution in [0.3, 0.4) is 0 Å². The molecule has 0 saturated heterocycles. The van der Waals surface area contributed by atoms with Crippen LogP contribution in [0.15, 0.2) is 34.7 Å². The second kappa shape index (κ2) is 8.04. The number of carbonyl (C=O) groups excluding carboxylic acids is 2. The molecule has 1 atom stereocenters. The van der Waals surface area contributed by atoms with Gasteiger partial charge in [-0.15, -0.1) is 0 Å². The third-order valence-electron chi connectivity index (χ3n) is 5.29. The number of nitrogens with one attached hydrogen (secondary N) is 1. The van der Waals surface area contributed by atoms with Gasteiger partial charge in [0.05, 0.1) is 30.2 Å². The van der Waals surface area contributed by atoms with E-state index in [-0.39, 0.29) is 17.8 Å². The van der Waals surface area contributed by atoms with Crippen molar-refractivity contribution in [3.63, 3.8) is 0 Å². The smallest absolute Gasteiger partial charge is 0.336 e. The van der Waals surface area contributed by atoms with Gasteiger partial charge in [0, 0.05) is 34.0 Å². The lowest BCUT2D eigenvalue weighted by Crippen LogP contribution is -2.38. The molecule has 2 aliphatic rings. The van der Waals surface area contributed by atoms with Crippen molar-refractivity contribution in [1.29, 1.82) is 0 Å². The normalized spacial score (nSPS) is 20.9. The number of rotatable bonds is 4. The summed E-state index contributed by atoms with van der Waals surface area (Å²) in [4.78, 5) is 26.2. The summed E-state index contributed by atoms with van der Waals surface area (Å²) < 4.78 is 10.9. The van der Waals surface area contributed by atoms with E-state index >= 15 is 0 Å². The van der Waals surface area contributed by atoms with Crippen molar-refractivity contribution in [2.24, 2.45) is 5.41 Å². The maximum atomic E-state index is 13.3. The third-order valence-corrected chi connectivity index (χ3v) is 5.79. The van der Waals surface area contributed by atoms with Crippen molar-refractivity contribution in [3.05, 3.63) is 50.3 Å². The van der Waals surface area contributed by atoms with Crippen LogP contribution in [-0.2, 0) is 14.3 Å². The highest BCUT2D eigenvalue weighted by atomic mass is 35.5. The first kappa shape index (κ1) is 21.7. The first-order valence-electron chi connectivity index (χ1n) is 9.53. The van der Waals surface area contributed by atoms with E-state index in [1.807, 2.05) is 6.92 Å². The van der Waals surface area contributed by atoms with Crippen molar-refractivity contribution in [2.45, 2.75) is 46.5 Å². The molecule has 0 saturated carbocycles. The Labute approximate surface area is 181 Å². The fourth-order valence-corrected chi connectivity index (χ4v) is 4.82. The Morgan fingerprint density at radius 3 is 2.59 bits per heavy atom. The average molecular weight is 438 g/mol. The summed E-state index contributed by atoms with van der Waals surface area (Å²) in [7, 11) is 1.50. The SMILES string of the molecule is CCOC(=O)C1=C(C)NC2=C(C(=O)CC(C)(C)C2)C1c1cc(Cl)cc(Cl)c1OC. The van der Waals surface area contributed by atoms with E-state index in [2.05, 4.69) is 19.2 Å². The van der Waals surface area contributed by atoms with Gasteiger partial charge in [-0.1, -0.05) is 37.0 Å². The van der Waals surface area contributed by atoms with Crippen LogP contribution in [0.1, 0.15) is 52.0 Å². The molecule has 0 fully saturated rings. The van der Waals surface area contributed by atoms with Gasteiger partial charge in [-0.3, -0.25) is 4.79 Å². The van der Waals surface area contributed by atoms with Crippen LogP contribution >= 0.6 is 23.2 Å². The van der Waals surface area contributed by atoms with E-state index in [0.29, 0.717) is 51.0 Å². The lowest BCUT2D eigenvalue weighted by Gasteiger charge is -2.39. The van der Waals surface area contributed by atoms with E-state index in [0.717, 1.165) is 5.70 Å². The zero-order chi connectivity index (χ0) is 21.5. The molecule has 5 nitrogen and oxygen atoms in total. The summed E-state index contributed by atoms with van der Waals surface area (Å²) in [6.45, 7) is 7.90. The number of methoxy groups -OCH3 is 1. The maximum Gasteiger partial charge on any atom is 0.336 e. The number of ether oxygens (including phenoxy) is 2. The summed E-state index contributed by atoms with van der Waals surface area (Å²) in [5.74, 6) is -0.770. The molecule has 0 amide bonds. The zero-order valence-corrected chi connectivity index (χ0v) is 18.8. The Morgan fingerprint density at radius 2 is 1.97 bits per heavy atom. The summed E-state index contributed by atoms with van der Waals surface area (Å²) in [6, 6.07) is 3.28. The van der Waals surface area contributed by atoms with E-state index in [1.54, 1.807) is 19.1 Å². The summed E-state index contributed by atoms with van der Waals surface area (Å²) in [6.07, 6.45) is 1.07. The van der Waals surface area contributed by atoms with E-state index in [1.165, 1.54) is 7.11 Å². The lowest BCUT2D eigenvalue weighted by molar-refractivity contribution is -0.138. The first-order valence-corrected chi connectivity index (χ1v) is 10.3. The van der Waals surface area contributed by atoms with E-state index < -0.39 is 11.9 Å². The van der Waals surface area contributed by atoms with Crippen LogP contribution < -0.4 is 10.1 Å². The fourth-order valence-electron chi connectivity index (χ4n) is 4.24. The molecule has 7 heteroatoms. The van der Waals surface area contributed by atoms with E-state index in [4.69, 9.17) is 32.7 Å². The second-order valence-corrected chi connectivity index (χ2v) is 9.00. The monoisotopic (exact) mass is 437 g/mol. The number of hydrogen-bond acceptors (Lipinski definition) is 5. The molecule has 156 valence electrons. The Hall–Kier alpha value is -1.98. The van der Waals surface area contributed by atoms with Crippen molar-refractivity contribution in [3.8, 4) is 5.75 Å². The van der Waals surface area contributed by atoms with Crippen LogP contribution in [-0.4, -0.2) is 25.5 Å². The Kier molecular flexibility index (Phi) is 6.02. The van der Waals surface area contributed by atoms with Gasteiger partial charge in [-0.05, 0) is 37.8 Å². The Balaban J connectivity index is 2.30. The van der Waals surface area contributed by atoms with Crippen LogP contribution in [0.2, 0.25) is 10.0 Å². The van der Waals surface area contributed by atoms with Gasteiger partial charge in [-0.2, -0.15) is 0 Å². The largest absolute Gasteiger partial charge is 0.495 e. The molecular weight excluding hydrogens is 413 g/mol. The number of benzene rings is 1. The molecule has 1 N–H and O–H groups in total. The molecule has 0 bridgehead atoms. The average Bonchev–Trinajstić information content (AvgIpc) is 2.58. The van der Waals surface area contributed by atoms with Gasteiger partial charge in [-0.25, -0.2) is 4.79 Å². The first-order chi connectivity index (χ1) is 13.6. The van der Waals surface area contributed by atoms with Gasteiger partial charge < -0.3 is 14.8 Å². The van der Waals surface area contributed by atoms with Crippen molar-refractivity contribution < 1.29 is 19.1 Å². The maximum absolute atomic E-state index is 13.3. The number of allylic oxidation sites excluding steroid dienone is 3. The highest BCUT2D eigenvalue weighted by Gasteiger charge is 2.44. The number of carbonyl (C=O) groups is 2. The van der Waals surface area contributed by atoms with Gasteiger partial charge >= 0.3 is 5.97 Å². The minimum atomic E-state index is -0.667. The number of hydrogen-bond donors (Lipinski definition) is 1. The third kappa shape index (κ3) is 4.03. The highest BCUT2D eigenvalue weighted by molar-refractivity contribution is 6.35. The van der Waals surface area contributed by atoms with Gasteiger partial charge in [0.15, 0.2) is 5.78 Å². The number of ketones is 1. The second-order valence-electron chi connectivity index (χ2n) is 8.16. The van der Waals surface area contributed by atoms with Crippen LogP contribution in [0, 0.1) is 5.41 Å². The molecule has 1 aromatic rings. The fraction of sp³-hybridized carbons (Fsp3) is 0.455. The molecular formula is C22H25Cl2NO4. The predicted molar refractivity (Wildman–Crippen MR) is 113 cm³/mol. The lowest BCUT2D eigenvalue weighted by atomic mass is 9.68. The van der Waals surface area contributed by atoms with Gasteiger partial charge in [0.1, 0.15) is 5.75 Å². The molecule has 29 heavy (non-hydrogen) atoms. The van der Waals surface area contributed by atoms with Crippen molar-refractivity contribution in [2.75, 3.05) is 13.7 Å². The minimum absolute atomic E-state index is 0.0128. The topological polar surface area (TPSA) is 64.6 Å². The highest BCUT2D eigenvalue weighted by Crippen LogP contribution is 2.50. The number of Topliss-reactive ketones (excluding diaryl/α,β-unsaturated/α-hetero) is 1. The molecule has 3 rings (SSSR count). The molecule has 1 aliphatic heterocycles.